The fourth-order valence-electron chi connectivity index (χ4n) is 1.77. The fraction of sp³-hybridized carbons (Fsp3) is 0.417. The van der Waals surface area contributed by atoms with Gasteiger partial charge in [0.05, 0.1) is 11.1 Å². The van der Waals surface area contributed by atoms with Gasteiger partial charge in [0.1, 0.15) is 18.2 Å². The van der Waals surface area contributed by atoms with Gasteiger partial charge < -0.3 is 14.6 Å². The van der Waals surface area contributed by atoms with E-state index in [0.29, 0.717) is 18.6 Å². The van der Waals surface area contributed by atoms with Crippen LogP contribution >= 0.6 is 11.6 Å². The standard InChI is InChI=1S/C12H12ClFO4/c13-9-5-7(1-3-10(9)14)17-6-8-2-4-11(18-8)12(15)16/h1,3,5,8,11H,2,4,6H2,(H,15,16). The predicted molar refractivity (Wildman–Crippen MR) is 62.4 cm³/mol. The molecule has 1 N–H and O–H groups in total. The van der Waals surface area contributed by atoms with Gasteiger partial charge in [-0.3, -0.25) is 0 Å². The molecule has 1 saturated heterocycles. The van der Waals surface area contributed by atoms with Gasteiger partial charge in [-0.05, 0) is 25.0 Å². The molecule has 6 heteroatoms. The number of hydrogen-bond acceptors (Lipinski definition) is 3. The largest absolute Gasteiger partial charge is 0.491 e. The molecule has 0 aliphatic carbocycles. The monoisotopic (exact) mass is 274 g/mol. The van der Waals surface area contributed by atoms with Crippen molar-refractivity contribution < 1.29 is 23.8 Å². The second-order valence-electron chi connectivity index (χ2n) is 4.05. The van der Waals surface area contributed by atoms with E-state index in [1.807, 2.05) is 0 Å². The van der Waals surface area contributed by atoms with Gasteiger partial charge in [-0.25, -0.2) is 9.18 Å². The summed E-state index contributed by atoms with van der Waals surface area (Å²) < 4.78 is 23.6. The van der Waals surface area contributed by atoms with Gasteiger partial charge >= 0.3 is 5.97 Å². The van der Waals surface area contributed by atoms with Crippen LogP contribution in [0.4, 0.5) is 4.39 Å². The number of carboxylic acid groups (broad SMARTS) is 1. The number of halogens is 2. The molecule has 1 fully saturated rings. The van der Waals surface area contributed by atoms with Crippen molar-refractivity contribution in [2.45, 2.75) is 25.0 Å². The number of benzene rings is 1. The normalized spacial score (nSPS) is 23.0. The van der Waals surface area contributed by atoms with Crippen LogP contribution in [0, 0.1) is 5.82 Å². The van der Waals surface area contributed by atoms with Gasteiger partial charge in [-0.15, -0.1) is 0 Å². The second-order valence-corrected chi connectivity index (χ2v) is 4.46. The highest BCUT2D eigenvalue weighted by molar-refractivity contribution is 6.30. The van der Waals surface area contributed by atoms with E-state index >= 15 is 0 Å². The maximum absolute atomic E-state index is 12.9. The van der Waals surface area contributed by atoms with E-state index in [1.165, 1.54) is 18.2 Å². The lowest BCUT2D eigenvalue weighted by molar-refractivity contribution is -0.149. The Morgan fingerprint density at radius 1 is 1.56 bits per heavy atom. The molecule has 1 aliphatic heterocycles. The maximum Gasteiger partial charge on any atom is 0.332 e. The van der Waals surface area contributed by atoms with Gasteiger partial charge in [0.2, 0.25) is 0 Å². The number of carbonyl (C=O) groups is 1. The Bertz CT molecular complexity index is 452. The van der Waals surface area contributed by atoms with Crippen LogP contribution in [0.1, 0.15) is 12.8 Å². The van der Waals surface area contributed by atoms with E-state index in [-0.39, 0.29) is 17.7 Å². The molecular formula is C12H12ClFO4. The molecule has 2 atom stereocenters. The second kappa shape index (κ2) is 5.54. The minimum absolute atomic E-state index is 0.0109. The summed E-state index contributed by atoms with van der Waals surface area (Å²) in [6.45, 7) is 0.228. The Hall–Kier alpha value is -1.33. The molecule has 0 spiro atoms. The number of aliphatic carboxylic acids is 1. The zero-order chi connectivity index (χ0) is 13.1. The Kier molecular flexibility index (Phi) is 4.04. The number of carboxylic acids is 1. The van der Waals surface area contributed by atoms with Gasteiger partial charge in [-0.2, -0.15) is 0 Å². The van der Waals surface area contributed by atoms with Crippen molar-refractivity contribution in [3.8, 4) is 5.75 Å². The zero-order valence-corrected chi connectivity index (χ0v) is 10.2. The first-order valence-corrected chi connectivity index (χ1v) is 5.90. The van der Waals surface area contributed by atoms with Crippen molar-refractivity contribution in [3.63, 3.8) is 0 Å². The third kappa shape index (κ3) is 3.11. The summed E-state index contributed by atoms with van der Waals surface area (Å²) in [6.07, 6.45) is 0.102. The Morgan fingerprint density at radius 3 is 2.94 bits per heavy atom. The highest BCUT2D eigenvalue weighted by atomic mass is 35.5. The third-order valence-corrected chi connectivity index (χ3v) is 3.00. The molecule has 0 aromatic heterocycles. The van der Waals surface area contributed by atoms with Crippen molar-refractivity contribution in [3.05, 3.63) is 29.0 Å². The average Bonchev–Trinajstić information content (AvgIpc) is 2.79. The van der Waals surface area contributed by atoms with E-state index in [1.54, 1.807) is 0 Å². The molecule has 0 saturated carbocycles. The molecule has 1 aromatic carbocycles. The summed E-state index contributed by atoms with van der Waals surface area (Å²) in [5.41, 5.74) is 0. The molecule has 0 radical (unpaired) electrons. The summed E-state index contributed by atoms with van der Waals surface area (Å²) in [7, 11) is 0. The van der Waals surface area contributed by atoms with Crippen molar-refractivity contribution in [2.24, 2.45) is 0 Å². The van der Waals surface area contributed by atoms with Crippen LogP contribution in [0.25, 0.3) is 0 Å². The van der Waals surface area contributed by atoms with Gasteiger partial charge in [0.15, 0.2) is 6.10 Å². The number of hydrogen-bond donors (Lipinski definition) is 1. The molecular weight excluding hydrogens is 263 g/mol. The fourth-order valence-corrected chi connectivity index (χ4v) is 1.94. The number of rotatable bonds is 4. The summed E-state index contributed by atoms with van der Waals surface area (Å²) in [5, 5.41) is 8.75. The maximum atomic E-state index is 12.9. The molecule has 98 valence electrons. The van der Waals surface area contributed by atoms with Crippen LogP contribution in [-0.4, -0.2) is 29.9 Å². The van der Waals surface area contributed by atoms with Crippen LogP contribution in [-0.2, 0) is 9.53 Å². The zero-order valence-electron chi connectivity index (χ0n) is 9.44. The van der Waals surface area contributed by atoms with E-state index < -0.39 is 17.9 Å². The molecule has 1 aromatic rings. The average molecular weight is 275 g/mol. The minimum Gasteiger partial charge on any atom is -0.491 e. The van der Waals surface area contributed by atoms with E-state index in [2.05, 4.69) is 0 Å². The third-order valence-electron chi connectivity index (χ3n) is 2.71. The molecule has 18 heavy (non-hydrogen) atoms. The van der Waals surface area contributed by atoms with E-state index in [0.717, 1.165) is 0 Å². The summed E-state index contributed by atoms with van der Waals surface area (Å²) >= 11 is 5.61. The van der Waals surface area contributed by atoms with Crippen LogP contribution in [0.3, 0.4) is 0 Å². The Morgan fingerprint density at radius 2 is 2.33 bits per heavy atom. The van der Waals surface area contributed by atoms with Crippen molar-refractivity contribution in [1.29, 1.82) is 0 Å². The molecule has 0 amide bonds. The molecule has 0 bridgehead atoms. The first kappa shape index (κ1) is 13.1. The van der Waals surface area contributed by atoms with Crippen LogP contribution < -0.4 is 4.74 Å². The van der Waals surface area contributed by atoms with Crippen LogP contribution in [0.15, 0.2) is 18.2 Å². The molecule has 2 rings (SSSR count). The topological polar surface area (TPSA) is 55.8 Å². The van der Waals surface area contributed by atoms with Crippen molar-refractivity contribution >= 4 is 17.6 Å². The van der Waals surface area contributed by atoms with E-state index in [9.17, 15) is 9.18 Å². The summed E-state index contributed by atoms with van der Waals surface area (Å²) in [6, 6.07) is 4.05. The highest BCUT2D eigenvalue weighted by Gasteiger charge is 2.30. The van der Waals surface area contributed by atoms with E-state index in [4.69, 9.17) is 26.2 Å². The van der Waals surface area contributed by atoms with Crippen molar-refractivity contribution in [2.75, 3.05) is 6.61 Å². The first-order valence-electron chi connectivity index (χ1n) is 5.52. The quantitative estimate of drug-likeness (QED) is 0.916. The highest BCUT2D eigenvalue weighted by Crippen LogP contribution is 2.24. The van der Waals surface area contributed by atoms with Crippen LogP contribution in [0.5, 0.6) is 5.75 Å². The van der Waals surface area contributed by atoms with Crippen molar-refractivity contribution in [1.82, 2.24) is 0 Å². The van der Waals surface area contributed by atoms with Crippen LogP contribution in [0.2, 0.25) is 5.02 Å². The molecule has 1 aliphatic rings. The smallest absolute Gasteiger partial charge is 0.332 e. The lowest BCUT2D eigenvalue weighted by Crippen LogP contribution is -2.23. The number of ether oxygens (including phenoxy) is 2. The summed E-state index contributed by atoms with van der Waals surface area (Å²) in [5.74, 6) is -1.03. The Balaban J connectivity index is 1.85. The molecule has 4 nitrogen and oxygen atoms in total. The molecule has 2 unspecified atom stereocenters. The van der Waals surface area contributed by atoms with Gasteiger partial charge in [0, 0.05) is 6.07 Å². The lowest BCUT2D eigenvalue weighted by atomic mass is 10.2. The summed E-state index contributed by atoms with van der Waals surface area (Å²) in [4.78, 5) is 10.7. The van der Waals surface area contributed by atoms with Gasteiger partial charge in [-0.1, -0.05) is 11.6 Å². The lowest BCUT2D eigenvalue weighted by Gasteiger charge is -2.12. The minimum atomic E-state index is -0.956. The first-order chi connectivity index (χ1) is 8.56. The molecule has 1 heterocycles. The predicted octanol–water partition coefficient (Wildman–Crippen LogP) is 2.49. The SMILES string of the molecule is O=C(O)C1CCC(COc2ccc(F)c(Cl)c2)O1. The van der Waals surface area contributed by atoms with Gasteiger partial charge in [0.25, 0.3) is 0 Å². The Labute approximate surface area is 108 Å².